The molecule has 0 spiro atoms. The minimum Gasteiger partial charge on any atom is -0.496 e. The summed E-state index contributed by atoms with van der Waals surface area (Å²) in [4.78, 5) is 38.9. The molecule has 0 aromatic heterocycles. The Morgan fingerprint density at radius 2 is 2.00 bits per heavy atom. The Morgan fingerprint density at radius 3 is 2.71 bits per heavy atom. The van der Waals surface area contributed by atoms with E-state index in [9.17, 15) is 14.4 Å². The molecular weight excluding hydrogens is 456 g/mol. The van der Waals surface area contributed by atoms with E-state index in [2.05, 4.69) is 26.9 Å². The number of carbonyl (C=O) groups is 3. The molecule has 4 rings (SSSR count). The summed E-state index contributed by atoms with van der Waals surface area (Å²) in [7, 11) is 1.56. The fourth-order valence-corrected chi connectivity index (χ4v) is 4.30. The highest BCUT2D eigenvalue weighted by Gasteiger charge is 2.34. The third kappa shape index (κ3) is 5.38. The topological polar surface area (TPSA) is 124 Å². The molecule has 0 bridgehead atoms. The zero-order valence-corrected chi connectivity index (χ0v) is 19.5. The van der Waals surface area contributed by atoms with Crippen LogP contribution in [0.25, 0.3) is 6.08 Å². The van der Waals surface area contributed by atoms with Crippen LogP contribution in [-0.4, -0.2) is 41.4 Å². The van der Waals surface area contributed by atoms with Crippen molar-refractivity contribution in [1.82, 2.24) is 21.4 Å². The van der Waals surface area contributed by atoms with Crippen LogP contribution in [0.2, 0.25) is 0 Å². The Morgan fingerprint density at radius 1 is 1.21 bits per heavy atom. The number of hydrazine groups is 2. The second-order valence-electron chi connectivity index (χ2n) is 7.63. The van der Waals surface area contributed by atoms with E-state index in [1.807, 2.05) is 37.3 Å². The summed E-state index contributed by atoms with van der Waals surface area (Å²) in [6, 6.07) is 12.8. The van der Waals surface area contributed by atoms with Crippen LogP contribution in [-0.2, 0) is 9.59 Å². The van der Waals surface area contributed by atoms with Gasteiger partial charge in [0.2, 0.25) is 5.91 Å². The maximum atomic E-state index is 12.7. The lowest BCUT2D eigenvalue weighted by molar-refractivity contribution is -0.123. The number of imide groups is 1. The number of anilines is 1. The van der Waals surface area contributed by atoms with Crippen molar-refractivity contribution in [2.45, 2.75) is 19.8 Å². The van der Waals surface area contributed by atoms with Gasteiger partial charge in [0, 0.05) is 29.8 Å². The van der Waals surface area contributed by atoms with Crippen LogP contribution in [0, 0.1) is 6.92 Å². The monoisotopic (exact) mass is 480 g/mol. The predicted octanol–water partition coefficient (Wildman–Crippen LogP) is 2.73. The number of benzene rings is 2. The van der Waals surface area contributed by atoms with Crippen LogP contribution in [0.5, 0.6) is 5.75 Å². The smallest absolute Gasteiger partial charge is 0.293 e. The summed E-state index contributed by atoms with van der Waals surface area (Å²) in [6.07, 6.45) is 2.20. The second kappa shape index (κ2) is 10.4. The molecular formula is C23H24N6O4S. The molecule has 11 heteroatoms. The number of ether oxygens (including phenoxy) is 1. The van der Waals surface area contributed by atoms with Gasteiger partial charge in [0.25, 0.3) is 11.1 Å². The van der Waals surface area contributed by atoms with Crippen LogP contribution < -0.4 is 26.5 Å². The van der Waals surface area contributed by atoms with Crippen LogP contribution in [0.4, 0.5) is 10.5 Å². The van der Waals surface area contributed by atoms with E-state index < -0.39 is 0 Å². The van der Waals surface area contributed by atoms with Gasteiger partial charge in [-0.3, -0.25) is 24.7 Å². The van der Waals surface area contributed by atoms with Crippen molar-refractivity contribution in [3.8, 4) is 5.75 Å². The van der Waals surface area contributed by atoms with E-state index >= 15 is 0 Å². The number of aryl methyl sites for hydroxylation is 1. The van der Waals surface area contributed by atoms with E-state index in [0.717, 1.165) is 28.5 Å². The number of carbonyl (C=O) groups excluding carboxylic acids is 3. The van der Waals surface area contributed by atoms with Crippen LogP contribution in [0.1, 0.15) is 29.5 Å². The van der Waals surface area contributed by atoms with Crippen molar-refractivity contribution < 1.29 is 19.1 Å². The molecule has 2 aromatic carbocycles. The first-order chi connectivity index (χ1) is 16.4. The molecule has 1 fully saturated rings. The largest absolute Gasteiger partial charge is 0.496 e. The average molecular weight is 481 g/mol. The lowest BCUT2D eigenvalue weighted by Gasteiger charge is -2.12. The highest BCUT2D eigenvalue weighted by atomic mass is 32.2. The number of nitrogens with one attached hydrogen (secondary N) is 4. The van der Waals surface area contributed by atoms with E-state index in [4.69, 9.17) is 4.74 Å². The van der Waals surface area contributed by atoms with E-state index in [1.165, 1.54) is 4.90 Å². The minimum absolute atomic E-state index is 0.172. The molecule has 2 aromatic rings. The molecule has 0 saturated carbocycles. The molecule has 0 aliphatic carbocycles. The number of hydrazone groups is 1. The van der Waals surface area contributed by atoms with Crippen LogP contribution >= 0.6 is 11.8 Å². The Kier molecular flexibility index (Phi) is 7.14. The summed E-state index contributed by atoms with van der Waals surface area (Å²) in [6.45, 7) is 2.12. The first-order valence-corrected chi connectivity index (χ1v) is 11.4. The molecule has 4 N–H and O–H groups in total. The molecule has 34 heavy (non-hydrogen) atoms. The number of methoxy groups -OCH3 is 1. The Balaban J connectivity index is 1.29. The number of hydrogen-bond acceptors (Lipinski definition) is 9. The maximum Gasteiger partial charge on any atom is 0.293 e. The molecule has 0 atom stereocenters. The third-order valence-electron chi connectivity index (χ3n) is 5.18. The quantitative estimate of drug-likeness (QED) is 0.425. The van der Waals surface area contributed by atoms with Crippen molar-refractivity contribution in [2.24, 2.45) is 5.10 Å². The van der Waals surface area contributed by atoms with Crippen molar-refractivity contribution >= 4 is 46.4 Å². The van der Waals surface area contributed by atoms with Gasteiger partial charge in [0.1, 0.15) is 5.75 Å². The Bertz CT molecular complexity index is 1180. The summed E-state index contributed by atoms with van der Waals surface area (Å²) in [5.74, 6) is 0.725. The zero-order valence-electron chi connectivity index (χ0n) is 18.7. The highest BCUT2D eigenvalue weighted by molar-refractivity contribution is 8.18. The van der Waals surface area contributed by atoms with Crippen LogP contribution in [0.3, 0.4) is 0 Å². The first-order valence-electron chi connectivity index (χ1n) is 10.6. The Hall–Kier alpha value is -3.83. The summed E-state index contributed by atoms with van der Waals surface area (Å²) < 4.78 is 5.38. The number of rotatable bonds is 8. The molecule has 1 saturated heterocycles. The molecule has 2 aliphatic rings. The second-order valence-corrected chi connectivity index (χ2v) is 8.62. The van der Waals surface area contributed by atoms with Gasteiger partial charge >= 0.3 is 0 Å². The predicted molar refractivity (Wildman–Crippen MR) is 131 cm³/mol. The number of hydrogen-bond donors (Lipinski definition) is 4. The molecule has 0 unspecified atom stereocenters. The number of amides is 3. The Labute approximate surface area is 200 Å². The third-order valence-corrected chi connectivity index (χ3v) is 6.09. The fourth-order valence-electron chi connectivity index (χ4n) is 3.44. The van der Waals surface area contributed by atoms with Gasteiger partial charge in [-0.25, -0.2) is 5.53 Å². The lowest BCUT2D eigenvalue weighted by Crippen LogP contribution is -2.35. The molecule has 3 amide bonds. The zero-order chi connectivity index (χ0) is 24.1. The normalized spacial score (nSPS) is 16.4. The van der Waals surface area contributed by atoms with Gasteiger partial charge in [0.15, 0.2) is 5.84 Å². The molecule has 2 aliphatic heterocycles. The summed E-state index contributed by atoms with van der Waals surface area (Å²) in [5.41, 5.74) is 11.4. The van der Waals surface area contributed by atoms with Crippen molar-refractivity contribution in [2.75, 3.05) is 19.0 Å². The van der Waals surface area contributed by atoms with Crippen molar-refractivity contribution in [3.63, 3.8) is 0 Å². The first kappa shape index (κ1) is 23.3. The van der Waals surface area contributed by atoms with Crippen molar-refractivity contribution in [3.05, 3.63) is 64.1 Å². The molecule has 176 valence electrons. The van der Waals surface area contributed by atoms with Gasteiger partial charge in [-0.1, -0.05) is 12.1 Å². The van der Waals surface area contributed by atoms with Crippen LogP contribution in [0.15, 0.2) is 52.5 Å². The van der Waals surface area contributed by atoms with Gasteiger partial charge < -0.3 is 10.1 Å². The highest BCUT2D eigenvalue weighted by Crippen LogP contribution is 2.34. The molecule has 0 radical (unpaired) electrons. The summed E-state index contributed by atoms with van der Waals surface area (Å²) in [5, 5.41) is 6.49. The van der Waals surface area contributed by atoms with Crippen molar-refractivity contribution in [1.29, 1.82) is 0 Å². The molecule has 2 heterocycles. The van der Waals surface area contributed by atoms with Gasteiger partial charge in [-0.05, 0) is 67.1 Å². The number of thioether (sulfide) groups is 1. The maximum absolute atomic E-state index is 12.7. The van der Waals surface area contributed by atoms with E-state index in [1.54, 1.807) is 25.3 Å². The fraction of sp³-hybridized carbons (Fsp3) is 0.217. The lowest BCUT2D eigenvalue weighted by atomic mass is 10.1. The van der Waals surface area contributed by atoms with E-state index in [0.29, 0.717) is 28.6 Å². The van der Waals surface area contributed by atoms with Gasteiger partial charge in [-0.2, -0.15) is 0 Å². The number of nitrogens with zero attached hydrogens (tertiary/aromatic N) is 2. The van der Waals surface area contributed by atoms with E-state index in [-0.39, 0.29) is 30.0 Å². The average Bonchev–Trinajstić information content (AvgIpc) is 3.45. The van der Waals surface area contributed by atoms with Gasteiger partial charge in [-0.15, -0.1) is 10.6 Å². The summed E-state index contributed by atoms with van der Waals surface area (Å²) >= 11 is 0.892. The molecule has 10 nitrogen and oxygen atoms in total. The number of amidine groups is 1. The SMILES string of the molecule is COc1cc(C)ccc1/C=C1\SC(=O)N(CCCC(=O)Nc2ccc(C3=NNNN3)cc2)C1=O. The standard InChI is InChI=1S/C23H24N6O4S/c1-14-5-6-16(18(12-14)33-2)13-19-22(31)29(23(32)34-19)11-3-4-20(30)24-17-9-7-15(8-10-17)21-25-27-28-26-21/h5-10,12-13,27-28H,3-4,11H2,1-2H3,(H,24,30)(H,25,26)/b19-13-. The minimum atomic E-state index is -0.360. The van der Waals surface area contributed by atoms with Gasteiger partial charge in [0.05, 0.1) is 12.0 Å².